The van der Waals surface area contributed by atoms with Crippen molar-refractivity contribution < 1.29 is 4.39 Å². The van der Waals surface area contributed by atoms with Crippen molar-refractivity contribution in [2.24, 2.45) is 18.7 Å². The molecule has 0 aliphatic rings. The van der Waals surface area contributed by atoms with E-state index in [0.29, 0.717) is 11.6 Å². The SMILES string of the molecule is Cc1nn(C)c(CC(CN)Cc2cccc(F)c2)c1Cl. The van der Waals surface area contributed by atoms with E-state index in [2.05, 4.69) is 5.10 Å². The van der Waals surface area contributed by atoms with Gasteiger partial charge in [0.05, 0.1) is 16.4 Å². The van der Waals surface area contributed by atoms with E-state index >= 15 is 0 Å². The summed E-state index contributed by atoms with van der Waals surface area (Å²) in [7, 11) is 1.88. The average molecular weight is 296 g/mol. The number of nitrogens with two attached hydrogens (primary N) is 1. The number of benzene rings is 1. The molecule has 0 radical (unpaired) electrons. The van der Waals surface area contributed by atoms with Crippen LogP contribution in [0.15, 0.2) is 24.3 Å². The van der Waals surface area contributed by atoms with Crippen LogP contribution in [0.4, 0.5) is 4.39 Å². The fourth-order valence-electron chi connectivity index (χ4n) is 2.41. The number of hydrogen-bond acceptors (Lipinski definition) is 2. The number of halogens is 2. The lowest BCUT2D eigenvalue weighted by molar-refractivity contribution is 0.509. The summed E-state index contributed by atoms with van der Waals surface area (Å²) < 4.78 is 15.0. The molecule has 1 heterocycles. The zero-order valence-corrected chi connectivity index (χ0v) is 12.5. The Morgan fingerprint density at radius 3 is 2.70 bits per heavy atom. The van der Waals surface area contributed by atoms with Crippen LogP contribution in [-0.2, 0) is 19.9 Å². The Balaban J connectivity index is 2.13. The number of nitrogens with zero attached hydrogens (tertiary/aromatic N) is 2. The molecule has 0 saturated carbocycles. The molecule has 1 aromatic heterocycles. The summed E-state index contributed by atoms with van der Waals surface area (Å²) in [5.41, 5.74) is 8.61. The first-order valence-electron chi connectivity index (χ1n) is 6.63. The highest BCUT2D eigenvalue weighted by molar-refractivity contribution is 6.31. The van der Waals surface area contributed by atoms with Gasteiger partial charge in [-0.1, -0.05) is 23.7 Å². The standard InChI is InChI=1S/C15H19ClFN3/c1-10-15(16)14(20(2)19-10)8-12(9-18)6-11-4-3-5-13(17)7-11/h3-5,7,12H,6,8-9,18H2,1-2H3. The summed E-state index contributed by atoms with van der Waals surface area (Å²) >= 11 is 6.26. The van der Waals surface area contributed by atoms with E-state index in [1.165, 1.54) is 6.07 Å². The second-order valence-electron chi connectivity index (χ2n) is 5.11. The van der Waals surface area contributed by atoms with Crippen molar-refractivity contribution in [1.82, 2.24) is 9.78 Å². The fourth-order valence-corrected chi connectivity index (χ4v) is 2.65. The van der Waals surface area contributed by atoms with E-state index in [-0.39, 0.29) is 11.7 Å². The lowest BCUT2D eigenvalue weighted by atomic mass is 9.94. The van der Waals surface area contributed by atoms with Crippen LogP contribution in [0.25, 0.3) is 0 Å². The first-order valence-corrected chi connectivity index (χ1v) is 7.01. The molecule has 2 N–H and O–H groups in total. The first-order chi connectivity index (χ1) is 9.51. The van der Waals surface area contributed by atoms with Gasteiger partial charge in [-0.25, -0.2) is 4.39 Å². The van der Waals surface area contributed by atoms with Gasteiger partial charge < -0.3 is 5.73 Å². The quantitative estimate of drug-likeness (QED) is 0.922. The molecular weight excluding hydrogens is 277 g/mol. The lowest BCUT2D eigenvalue weighted by Crippen LogP contribution is -2.21. The van der Waals surface area contributed by atoms with E-state index in [4.69, 9.17) is 17.3 Å². The molecule has 2 aromatic rings. The minimum Gasteiger partial charge on any atom is -0.330 e. The minimum absolute atomic E-state index is 0.212. The molecule has 0 amide bonds. The van der Waals surface area contributed by atoms with Gasteiger partial charge in [-0.05, 0) is 49.9 Å². The maximum Gasteiger partial charge on any atom is 0.123 e. The predicted octanol–water partition coefficient (Wildman–Crippen LogP) is 2.88. The van der Waals surface area contributed by atoms with Crippen molar-refractivity contribution in [3.05, 3.63) is 52.1 Å². The molecule has 0 saturated heterocycles. The monoisotopic (exact) mass is 295 g/mol. The summed E-state index contributed by atoms with van der Waals surface area (Å²) in [4.78, 5) is 0. The van der Waals surface area contributed by atoms with Crippen LogP contribution >= 0.6 is 11.6 Å². The minimum atomic E-state index is -0.215. The molecule has 0 bridgehead atoms. The van der Waals surface area contributed by atoms with Gasteiger partial charge in [0.2, 0.25) is 0 Å². The molecule has 0 fully saturated rings. The van der Waals surface area contributed by atoms with Crippen LogP contribution in [0.1, 0.15) is 17.0 Å². The highest BCUT2D eigenvalue weighted by atomic mass is 35.5. The molecule has 108 valence electrons. The van der Waals surface area contributed by atoms with Crippen molar-refractivity contribution in [3.63, 3.8) is 0 Å². The Bertz CT molecular complexity index is 595. The topological polar surface area (TPSA) is 43.8 Å². The molecule has 0 aliphatic carbocycles. The third-order valence-electron chi connectivity index (χ3n) is 3.49. The number of hydrogen-bond donors (Lipinski definition) is 1. The Kier molecular flexibility index (Phi) is 4.78. The first kappa shape index (κ1) is 15.0. The maximum absolute atomic E-state index is 13.2. The highest BCUT2D eigenvalue weighted by Gasteiger charge is 2.16. The summed E-state index contributed by atoms with van der Waals surface area (Å²) in [6.45, 7) is 2.41. The van der Waals surface area contributed by atoms with Crippen LogP contribution in [0, 0.1) is 18.7 Å². The zero-order valence-electron chi connectivity index (χ0n) is 11.7. The Labute approximate surface area is 123 Å². The average Bonchev–Trinajstić information content (AvgIpc) is 2.64. The fraction of sp³-hybridized carbons (Fsp3) is 0.400. The maximum atomic E-state index is 13.2. The highest BCUT2D eigenvalue weighted by Crippen LogP contribution is 2.23. The van der Waals surface area contributed by atoms with Crippen molar-refractivity contribution in [2.45, 2.75) is 19.8 Å². The van der Waals surface area contributed by atoms with Gasteiger partial charge in [-0.15, -0.1) is 0 Å². The Hall–Kier alpha value is -1.39. The summed E-state index contributed by atoms with van der Waals surface area (Å²) in [6.07, 6.45) is 1.47. The van der Waals surface area contributed by atoms with Crippen molar-refractivity contribution >= 4 is 11.6 Å². The number of rotatable bonds is 5. The molecule has 2 rings (SSSR count). The van der Waals surface area contributed by atoms with Gasteiger partial charge in [-0.2, -0.15) is 5.10 Å². The Morgan fingerprint density at radius 1 is 1.40 bits per heavy atom. The van der Waals surface area contributed by atoms with Gasteiger partial charge >= 0.3 is 0 Å². The van der Waals surface area contributed by atoms with E-state index in [9.17, 15) is 4.39 Å². The summed E-state index contributed by atoms with van der Waals surface area (Å²) in [6, 6.07) is 6.64. The van der Waals surface area contributed by atoms with Crippen LogP contribution in [-0.4, -0.2) is 16.3 Å². The lowest BCUT2D eigenvalue weighted by Gasteiger charge is -2.15. The van der Waals surface area contributed by atoms with E-state index in [0.717, 1.165) is 29.8 Å². The summed E-state index contributed by atoms with van der Waals surface area (Å²) in [5, 5.41) is 5.00. The molecule has 1 atom stereocenters. The van der Waals surface area contributed by atoms with E-state index in [1.807, 2.05) is 20.0 Å². The van der Waals surface area contributed by atoms with Crippen molar-refractivity contribution in [3.8, 4) is 0 Å². The van der Waals surface area contributed by atoms with Crippen LogP contribution in [0.2, 0.25) is 5.02 Å². The Morgan fingerprint density at radius 2 is 2.15 bits per heavy atom. The zero-order chi connectivity index (χ0) is 14.7. The van der Waals surface area contributed by atoms with Gasteiger partial charge in [0, 0.05) is 7.05 Å². The number of aromatic nitrogens is 2. The molecule has 1 aromatic carbocycles. The normalized spacial score (nSPS) is 12.7. The summed E-state index contributed by atoms with van der Waals surface area (Å²) in [5.74, 6) is -0.00298. The molecule has 20 heavy (non-hydrogen) atoms. The van der Waals surface area contributed by atoms with Crippen LogP contribution in [0.3, 0.4) is 0 Å². The molecular formula is C15H19ClFN3. The molecule has 0 aliphatic heterocycles. The number of aryl methyl sites for hydroxylation is 2. The molecule has 0 spiro atoms. The second-order valence-corrected chi connectivity index (χ2v) is 5.49. The van der Waals surface area contributed by atoms with Crippen molar-refractivity contribution in [2.75, 3.05) is 6.54 Å². The molecule has 1 unspecified atom stereocenters. The van der Waals surface area contributed by atoms with E-state index < -0.39 is 0 Å². The largest absolute Gasteiger partial charge is 0.330 e. The second kappa shape index (κ2) is 6.37. The third kappa shape index (κ3) is 3.38. The molecule has 5 heteroatoms. The van der Waals surface area contributed by atoms with Gasteiger partial charge in [-0.3, -0.25) is 4.68 Å². The predicted molar refractivity (Wildman–Crippen MR) is 79.3 cm³/mol. The third-order valence-corrected chi connectivity index (χ3v) is 3.98. The van der Waals surface area contributed by atoms with Crippen LogP contribution in [0.5, 0.6) is 0 Å². The van der Waals surface area contributed by atoms with Gasteiger partial charge in [0.25, 0.3) is 0 Å². The van der Waals surface area contributed by atoms with Gasteiger partial charge in [0.15, 0.2) is 0 Å². The van der Waals surface area contributed by atoms with Crippen LogP contribution < -0.4 is 5.73 Å². The van der Waals surface area contributed by atoms with E-state index in [1.54, 1.807) is 16.8 Å². The molecule has 3 nitrogen and oxygen atoms in total. The van der Waals surface area contributed by atoms with Crippen molar-refractivity contribution in [1.29, 1.82) is 0 Å². The smallest absolute Gasteiger partial charge is 0.123 e. The van der Waals surface area contributed by atoms with Gasteiger partial charge in [0.1, 0.15) is 5.82 Å².